The molecule has 1 aliphatic rings. The molecule has 0 amide bonds. The van der Waals surface area contributed by atoms with Gasteiger partial charge in [0, 0.05) is 10.6 Å². The number of nitrogens with zero attached hydrogens (tertiary/aromatic N) is 1. The molecule has 122 valence electrons. The Hall–Kier alpha value is -2.79. The molecule has 0 bridgehead atoms. The average molecular weight is 344 g/mol. The Kier molecular flexibility index (Phi) is 4.53. The van der Waals surface area contributed by atoms with Crippen LogP contribution in [-0.2, 0) is 9.53 Å². The second-order valence-electron chi connectivity index (χ2n) is 4.96. The Balaban J connectivity index is 1.92. The molecule has 0 fully saturated rings. The summed E-state index contributed by atoms with van der Waals surface area (Å²) >= 11 is 5.86. The van der Waals surface area contributed by atoms with Crippen LogP contribution in [0.25, 0.3) is 6.08 Å². The Morgan fingerprint density at radius 3 is 2.42 bits per heavy atom. The van der Waals surface area contributed by atoms with E-state index in [1.807, 2.05) is 0 Å². The highest BCUT2D eigenvalue weighted by Gasteiger charge is 2.24. The van der Waals surface area contributed by atoms with Crippen LogP contribution in [0.15, 0.2) is 53.2 Å². The van der Waals surface area contributed by atoms with E-state index in [0.717, 1.165) is 5.56 Å². The number of ether oxygens (including phenoxy) is 3. The summed E-state index contributed by atoms with van der Waals surface area (Å²) in [6.45, 7) is 0. The quantitative estimate of drug-likeness (QED) is 0.627. The Bertz CT molecular complexity index is 841. The third-order valence-electron chi connectivity index (χ3n) is 3.42. The highest BCUT2D eigenvalue weighted by atomic mass is 35.5. The van der Waals surface area contributed by atoms with Crippen LogP contribution in [0, 0.1) is 0 Å². The van der Waals surface area contributed by atoms with Crippen LogP contribution in [-0.4, -0.2) is 26.1 Å². The molecular formula is C18H14ClNO4. The fraction of sp³-hybridized carbons (Fsp3) is 0.111. The minimum absolute atomic E-state index is 0.215. The molecule has 1 aliphatic heterocycles. The van der Waals surface area contributed by atoms with E-state index in [4.69, 9.17) is 25.8 Å². The van der Waals surface area contributed by atoms with Crippen molar-refractivity contribution in [2.75, 3.05) is 14.2 Å². The zero-order valence-corrected chi connectivity index (χ0v) is 13.8. The topological polar surface area (TPSA) is 57.1 Å². The van der Waals surface area contributed by atoms with E-state index in [9.17, 15) is 4.79 Å². The number of aliphatic imine (C=N–C) groups is 1. The first-order chi connectivity index (χ1) is 11.6. The Morgan fingerprint density at radius 2 is 1.75 bits per heavy atom. The van der Waals surface area contributed by atoms with Crippen molar-refractivity contribution in [1.82, 2.24) is 0 Å². The van der Waals surface area contributed by atoms with Crippen molar-refractivity contribution in [3.8, 4) is 11.5 Å². The zero-order chi connectivity index (χ0) is 17.1. The zero-order valence-electron chi connectivity index (χ0n) is 13.1. The minimum atomic E-state index is -0.505. The highest BCUT2D eigenvalue weighted by Crippen LogP contribution is 2.29. The molecule has 0 aliphatic carbocycles. The van der Waals surface area contributed by atoms with Crippen LogP contribution >= 0.6 is 11.6 Å². The van der Waals surface area contributed by atoms with Gasteiger partial charge < -0.3 is 14.2 Å². The number of cyclic esters (lactones) is 1. The van der Waals surface area contributed by atoms with Gasteiger partial charge in [-0.2, -0.15) is 0 Å². The van der Waals surface area contributed by atoms with Crippen molar-refractivity contribution >= 4 is 29.5 Å². The number of methoxy groups -OCH3 is 2. The van der Waals surface area contributed by atoms with Gasteiger partial charge in [-0.15, -0.1) is 0 Å². The van der Waals surface area contributed by atoms with E-state index in [-0.39, 0.29) is 11.6 Å². The first kappa shape index (κ1) is 16.1. The van der Waals surface area contributed by atoms with Crippen LogP contribution in [0.3, 0.4) is 0 Å². The Labute approximate surface area is 144 Å². The molecule has 0 spiro atoms. The minimum Gasteiger partial charge on any atom is -0.493 e. The number of hydrogen-bond acceptors (Lipinski definition) is 5. The van der Waals surface area contributed by atoms with E-state index >= 15 is 0 Å². The summed E-state index contributed by atoms with van der Waals surface area (Å²) in [7, 11) is 3.11. The van der Waals surface area contributed by atoms with Crippen LogP contribution in [0.4, 0.5) is 0 Å². The predicted octanol–water partition coefficient (Wildman–Crippen LogP) is 3.70. The number of carbonyl (C=O) groups is 1. The van der Waals surface area contributed by atoms with Crippen molar-refractivity contribution in [3.63, 3.8) is 0 Å². The molecule has 2 aromatic rings. The molecule has 0 atom stereocenters. The van der Waals surface area contributed by atoms with E-state index in [0.29, 0.717) is 22.1 Å². The molecule has 6 heteroatoms. The lowest BCUT2D eigenvalue weighted by Crippen LogP contribution is -2.05. The van der Waals surface area contributed by atoms with Crippen molar-refractivity contribution in [2.24, 2.45) is 4.99 Å². The standard InChI is InChI=1S/C18H14ClNO4/c1-22-15-8-3-11(10-16(15)23-2)9-14-18(21)24-17(20-14)12-4-6-13(19)7-5-12/h3-10H,1-2H3/b14-9+. The molecule has 0 saturated carbocycles. The van der Waals surface area contributed by atoms with Gasteiger partial charge in [-0.3, -0.25) is 0 Å². The van der Waals surface area contributed by atoms with Crippen LogP contribution in [0.2, 0.25) is 5.02 Å². The summed E-state index contributed by atoms with van der Waals surface area (Å²) in [5.74, 6) is 0.928. The number of carbonyl (C=O) groups excluding carboxylic acids is 1. The molecular weight excluding hydrogens is 330 g/mol. The van der Waals surface area contributed by atoms with E-state index in [1.165, 1.54) is 0 Å². The maximum absolute atomic E-state index is 12.0. The van der Waals surface area contributed by atoms with Gasteiger partial charge in [0.05, 0.1) is 14.2 Å². The van der Waals surface area contributed by atoms with Gasteiger partial charge in [0.1, 0.15) is 0 Å². The normalized spacial score (nSPS) is 15.2. The second-order valence-corrected chi connectivity index (χ2v) is 5.39. The molecule has 1 heterocycles. The number of benzene rings is 2. The van der Waals surface area contributed by atoms with Gasteiger partial charge in [0.2, 0.25) is 5.90 Å². The summed E-state index contributed by atoms with van der Waals surface area (Å²) in [6, 6.07) is 12.2. The molecule has 2 aromatic carbocycles. The summed E-state index contributed by atoms with van der Waals surface area (Å²) in [5.41, 5.74) is 1.65. The van der Waals surface area contributed by atoms with Gasteiger partial charge in [0.15, 0.2) is 17.2 Å². The van der Waals surface area contributed by atoms with E-state index in [2.05, 4.69) is 4.99 Å². The fourth-order valence-electron chi connectivity index (χ4n) is 2.23. The summed E-state index contributed by atoms with van der Waals surface area (Å²) in [5, 5.41) is 0.602. The second kappa shape index (κ2) is 6.76. The maximum atomic E-state index is 12.0. The number of rotatable bonds is 4. The molecule has 3 rings (SSSR count). The number of halogens is 1. The Morgan fingerprint density at radius 1 is 1.04 bits per heavy atom. The number of hydrogen-bond donors (Lipinski definition) is 0. The van der Waals surface area contributed by atoms with Gasteiger partial charge in [-0.25, -0.2) is 9.79 Å². The fourth-order valence-corrected chi connectivity index (χ4v) is 2.35. The van der Waals surface area contributed by atoms with Gasteiger partial charge in [-0.1, -0.05) is 17.7 Å². The average Bonchev–Trinajstić information content (AvgIpc) is 2.96. The molecule has 0 unspecified atom stereocenters. The van der Waals surface area contributed by atoms with Crippen molar-refractivity contribution < 1.29 is 19.0 Å². The molecule has 0 aromatic heterocycles. The van der Waals surface area contributed by atoms with Crippen LogP contribution in [0.5, 0.6) is 11.5 Å². The van der Waals surface area contributed by atoms with Crippen LogP contribution in [0.1, 0.15) is 11.1 Å². The van der Waals surface area contributed by atoms with E-state index in [1.54, 1.807) is 62.8 Å². The largest absolute Gasteiger partial charge is 0.493 e. The van der Waals surface area contributed by atoms with Crippen molar-refractivity contribution in [2.45, 2.75) is 0 Å². The maximum Gasteiger partial charge on any atom is 0.363 e. The lowest BCUT2D eigenvalue weighted by Gasteiger charge is -2.07. The summed E-state index contributed by atoms with van der Waals surface area (Å²) in [4.78, 5) is 16.3. The SMILES string of the molecule is COc1ccc(/C=C2/N=C(c3ccc(Cl)cc3)OC2=O)cc1OC. The van der Waals surface area contributed by atoms with E-state index < -0.39 is 5.97 Å². The molecule has 0 N–H and O–H groups in total. The third kappa shape index (κ3) is 3.26. The number of esters is 1. The lowest BCUT2D eigenvalue weighted by atomic mass is 10.1. The molecule has 0 saturated heterocycles. The molecule has 0 radical (unpaired) electrons. The molecule has 24 heavy (non-hydrogen) atoms. The van der Waals surface area contributed by atoms with Crippen molar-refractivity contribution in [1.29, 1.82) is 0 Å². The van der Waals surface area contributed by atoms with Crippen LogP contribution < -0.4 is 9.47 Å². The summed E-state index contributed by atoms with van der Waals surface area (Å²) in [6.07, 6.45) is 1.63. The predicted molar refractivity (Wildman–Crippen MR) is 91.6 cm³/mol. The smallest absolute Gasteiger partial charge is 0.363 e. The van der Waals surface area contributed by atoms with Gasteiger partial charge in [-0.05, 0) is 48.0 Å². The first-order valence-electron chi connectivity index (χ1n) is 7.11. The third-order valence-corrected chi connectivity index (χ3v) is 3.67. The first-order valence-corrected chi connectivity index (χ1v) is 7.49. The molecule has 5 nitrogen and oxygen atoms in total. The lowest BCUT2D eigenvalue weighted by molar-refractivity contribution is -0.129. The van der Waals surface area contributed by atoms with Crippen molar-refractivity contribution in [3.05, 3.63) is 64.3 Å². The van der Waals surface area contributed by atoms with Gasteiger partial charge >= 0.3 is 5.97 Å². The van der Waals surface area contributed by atoms with Gasteiger partial charge in [0.25, 0.3) is 0 Å². The summed E-state index contributed by atoms with van der Waals surface area (Å²) < 4.78 is 15.7. The highest BCUT2D eigenvalue weighted by molar-refractivity contribution is 6.30. The monoisotopic (exact) mass is 343 g/mol.